The zero-order chi connectivity index (χ0) is 17.4. The molecule has 2 aromatic rings. The van der Waals surface area contributed by atoms with E-state index in [9.17, 15) is 9.90 Å². The number of Topliss-reactive ketones (excluding diaryl/α,β-unsaturated/α-hetero) is 1. The zero-order valence-electron chi connectivity index (χ0n) is 14.8. The minimum absolute atomic E-state index is 0.255. The van der Waals surface area contributed by atoms with Crippen LogP contribution >= 0.6 is 0 Å². The van der Waals surface area contributed by atoms with Gasteiger partial charge < -0.3 is 9.90 Å². The van der Waals surface area contributed by atoms with Crippen molar-refractivity contribution in [3.05, 3.63) is 54.1 Å². The molecule has 1 aliphatic rings. The predicted molar refractivity (Wildman–Crippen MR) is 100 cm³/mol. The fraction of sp³-hybridized carbons (Fsp3) is 0.409. The molecule has 1 saturated carbocycles. The number of carbonyl (C=O) groups excluding carboxylic acids is 1. The van der Waals surface area contributed by atoms with Gasteiger partial charge in [0.2, 0.25) is 0 Å². The van der Waals surface area contributed by atoms with E-state index < -0.39 is 0 Å². The summed E-state index contributed by atoms with van der Waals surface area (Å²) in [6, 6.07) is 16.3. The molecule has 24 heavy (non-hydrogen) atoms. The highest BCUT2D eigenvalue weighted by Gasteiger charge is 2.21. The van der Waals surface area contributed by atoms with Crippen molar-refractivity contribution in [2.24, 2.45) is 0 Å². The molecule has 0 atom stereocenters. The van der Waals surface area contributed by atoms with E-state index in [1.165, 1.54) is 43.2 Å². The average Bonchev–Trinajstić information content (AvgIpc) is 2.63. The molecule has 2 aromatic carbocycles. The highest BCUT2D eigenvalue weighted by molar-refractivity contribution is 5.74. The Labute approximate surface area is 145 Å². The van der Waals surface area contributed by atoms with Gasteiger partial charge >= 0.3 is 0 Å². The van der Waals surface area contributed by atoms with Crippen LogP contribution in [0.2, 0.25) is 0 Å². The molecular weight excluding hydrogens is 296 g/mol. The van der Waals surface area contributed by atoms with Gasteiger partial charge in [-0.2, -0.15) is 0 Å². The molecule has 3 rings (SSSR count). The van der Waals surface area contributed by atoms with E-state index in [2.05, 4.69) is 30.3 Å². The molecule has 2 heteroatoms. The van der Waals surface area contributed by atoms with Gasteiger partial charge in [-0.3, -0.25) is 0 Å². The molecule has 0 heterocycles. The minimum Gasteiger partial charge on any atom is -0.508 e. The summed E-state index contributed by atoms with van der Waals surface area (Å²) < 4.78 is 0. The lowest BCUT2D eigenvalue weighted by atomic mass is 9.80. The highest BCUT2D eigenvalue weighted by atomic mass is 16.3. The summed E-state index contributed by atoms with van der Waals surface area (Å²) in [5.74, 6) is 1.24. The molecule has 0 bridgehead atoms. The fourth-order valence-corrected chi connectivity index (χ4v) is 3.24. The molecule has 2 nitrogen and oxygen atoms in total. The number of phenolic OH excluding ortho intramolecular Hbond substituents is 1. The van der Waals surface area contributed by atoms with Crippen LogP contribution in [0.25, 0.3) is 11.1 Å². The van der Waals surface area contributed by atoms with Crippen molar-refractivity contribution in [2.45, 2.75) is 58.3 Å². The van der Waals surface area contributed by atoms with Crippen molar-refractivity contribution < 1.29 is 9.90 Å². The lowest BCUT2D eigenvalue weighted by Gasteiger charge is -2.25. The van der Waals surface area contributed by atoms with Crippen LogP contribution < -0.4 is 0 Å². The number of rotatable bonds is 3. The van der Waals surface area contributed by atoms with Gasteiger partial charge in [0, 0.05) is 12.0 Å². The van der Waals surface area contributed by atoms with Crippen LogP contribution in [0.5, 0.6) is 5.75 Å². The summed E-state index contributed by atoms with van der Waals surface area (Å²) in [7, 11) is 0. The van der Waals surface area contributed by atoms with Gasteiger partial charge in [-0.05, 0) is 42.9 Å². The van der Waals surface area contributed by atoms with Crippen LogP contribution in [0, 0.1) is 0 Å². The first kappa shape index (κ1) is 18.3. The molecule has 0 radical (unpaired) electrons. The van der Waals surface area contributed by atoms with Crippen LogP contribution in [-0.2, 0) is 4.79 Å². The third-order valence-corrected chi connectivity index (χ3v) is 4.68. The van der Waals surface area contributed by atoms with Crippen LogP contribution in [0.4, 0.5) is 0 Å². The molecule has 1 aliphatic carbocycles. The molecule has 0 saturated heterocycles. The first-order valence-corrected chi connectivity index (χ1v) is 9.00. The van der Waals surface area contributed by atoms with Crippen molar-refractivity contribution in [3.8, 4) is 16.9 Å². The van der Waals surface area contributed by atoms with Gasteiger partial charge in [-0.25, -0.2) is 0 Å². The number of ketones is 1. The van der Waals surface area contributed by atoms with Crippen molar-refractivity contribution in [2.75, 3.05) is 0 Å². The Morgan fingerprint density at radius 2 is 1.62 bits per heavy atom. The number of benzene rings is 2. The maximum Gasteiger partial charge on any atom is 0.129 e. The molecule has 0 aromatic heterocycles. The Balaban J connectivity index is 0.000000368. The first-order chi connectivity index (χ1) is 11.6. The topological polar surface area (TPSA) is 37.3 Å². The standard InChI is InChI=1S/C18H20O.C4H8O/c19-17-13-7-12-16(14-8-3-1-4-9-14)18(17)15-10-5-2-6-11-15;1-3-4(2)5/h1,3-4,7-9,12-13,15,19H,2,5-6,10-11H2;3H2,1-2H3. The normalized spacial score (nSPS) is 14.6. The maximum atomic E-state index is 10.3. The number of phenols is 1. The van der Waals surface area contributed by atoms with E-state index in [1.807, 2.05) is 25.1 Å². The van der Waals surface area contributed by atoms with E-state index in [0.29, 0.717) is 18.1 Å². The fourth-order valence-electron chi connectivity index (χ4n) is 3.24. The first-order valence-electron chi connectivity index (χ1n) is 9.00. The van der Waals surface area contributed by atoms with Gasteiger partial charge in [-0.15, -0.1) is 0 Å². The Hall–Kier alpha value is -2.09. The van der Waals surface area contributed by atoms with Crippen LogP contribution in [0.15, 0.2) is 48.5 Å². The maximum absolute atomic E-state index is 10.3. The summed E-state index contributed by atoms with van der Waals surface area (Å²) in [6.07, 6.45) is 6.99. The molecule has 0 aliphatic heterocycles. The van der Waals surface area contributed by atoms with E-state index in [0.717, 1.165) is 5.56 Å². The highest BCUT2D eigenvalue weighted by Crippen LogP contribution is 2.42. The van der Waals surface area contributed by atoms with Gasteiger partial charge in [0.25, 0.3) is 0 Å². The van der Waals surface area contributed by atoms with E-state index in [1.54, 1.807) is 6.92 Å². The molecule has 0 spiro atoms. The van der Waals surface area contributed by atoms with Gasteiger partial charge in [0.1, 0.15) is 11.5 Å². The molecule has 1 N–H and O–H groups in total. The van der Waals surface area contributed by atoms with Crippen LogP contribution in [0.1, 0.15) is 63.9 Å². The largest absolute Gasteiger partial charge is 0.508 e. The average molecular weight is 324 g/mol. The van der Waals surface area contributed by atoms with E-state index in [-0.39, 0.29) is 5.78 Å². The lowest BCUT2D eigenvalue weighted by Crippen LogP contribution is -2.06. The Morgan fingerprint density at radius 3 is 2.21 bits per heavy atom. The third kappa shape index (κ3) is 4.95. The van der Waals surface area contributed by atoms with Crippen LogP contribution in [-0.4, -0.2) is 10.9 Å². The van der Waals surface area contributed by atoms with Gasteiger partial charge in [0.15, 0.2) is 0 Å². The number of carbonyl (C=O) groups is 1. The van der Waals surface area contributed by atoms with Crippen molar-refractivity contribution in [3.63, 3.8) is 0 Å². The third-order valence-electron chi connectivity index (χ3n) is 4.68. The number of aromatic hydroxyl groups is 1. The number of hydrogen-bond donors (Lipinski definition) is 1. The van der Waals surface area contributed by atoms with Crippen molar-refractivity contribution in [1.29, 1.82) is 0 Å². The summed E-state index contributed by atoms with van der Waals surface area (Å²) in [6.45, 7) is 3.43. The lowest BCUT2D eigenvalue weighted by molar-refractivity contribution is -0.116. The van der Waals surface area contributed by atoms with E-state index >= 15 is 0 Å². The molecule has 1 fully saturated rings. The van der Waals surface area contributed by atoms with Gasteiger partial charge in [0.05, 0.1) is 0 Å². The SMILES string of the molecule is CCC(C)=O.Oc1cccc(-c2ccccc2)c1C1CCCCC1. The summed E-state index contributed by atoms with van der Waals surface area (Å²) >= 11 is 0. The second-order valence-corrected chi connectivity index (χ2v) is 6.49. The Bertz CT molecular complexity index is 640. The van der Waals surface area contributed by atoms with Crippen molar-refractivity contribution in [1.82, 2.24) is 0 Å². The van der Waals surface area contributed by atoms with Crippen LogP contribution in [0.3, 0.4) is 0 Å². The van der Waals surface area contributed by atoms with Gasteiger partial charge in [-0.1, -0.05) is 68.7 Å². The summed E-state index contributed by atoms with van der Waals surface area (Å²) in [4.78, 5) is 9.81. The molecular formula is C22H28O2. The zero-order valence-corrected chi connectivity index (χ0v) is 14.8. The molecule has 0 unspecified atom stereocenters. The van der Waals surface area contributed by atoms with Crippen molar-refractivity contribution >= 4 is 5.78 Å². The molecule has 0 amide bonds. The minimum atomic E-state index is 0.255. The quantitative estimate of drug-likeness (QED) is 0.741. The molecule has 128 valence electrons. The summed E-state index contributed by atoms with van der Waals surface area (Å²) in [5.41, 5.74) is 3.57. The predicted octanol–water partition coefficient (Wildman–Crippen LogP) is 6.09. The number of hydrogen-bond acceptors (Lipinski definition) is 2. The summed E-state index contributed by atoms with van der Waals surface area (Å²) in [5, 5.41) is 10.3. The Kier molecular flexibility index (Phi) is 7.05. The second kappa shape index (κ2) is 9.27. The Morgan fingerprint density at radius 1 is 1.00 bits per heavy atom. The second-order valence-electron chi connectivity index (χ2n) is 6.49. The van der Waals surface area contributed by atoms with E-state index in [4.69, 9.17) is 0 Å². The smallest absolute Gasteiger partial charge is 0.129 e. The monoisotopic (exact) mass is 324 g/mol.